The van der Waals surface area contributed by atoms with Crippen LogP contribution >= 0.6 is 0 Å². The number of benzene rings is 1. The molecule has 2 rings (SSSR count). The van der Waals surface area contributed by atoms with Gasteiger partial charge >= 0.3 is 0 Å². The molecule has 0 aliphatic heterocycles. The smallest absolute Gasteiger partial charge is 0.119 e. The van der Waals surface area contributed by atoms with Crippen molar-refractivity contribution in [2.45, 2.75) is 25.8 Å². The molecule has 1 aromatic carbocycles. The molecule has 0 aliphatic rings. The molecular formula is C16H23N3O. The summed E-state index contributed by atoms with van der Waals surface area (Å²) in [6, 6.07) is 10.7. The molecule has 0 fully saturated rings. The van der Waals surface area contributed by atoms with Crippen LogP contribution in [0.3, 0.4) is 0 Å². The summed E-state index contributed by atoms with van der Waals surface area (Å²) in [5.74, 6) is 0.936. The van der Waals surface area contributed by atoms with E-state index in [-0.39, 0.29) is 0 Å². The predicted octanol–water partition coefficient (Wildman–Crippen LogP) is 2.71. The highest BCUT2D eigenvalue weighted by molar-refractivity contribution is 5.30. The molecule has 0 saturated carbocycles. The fraction of sp³-hybridized carbons (Fsp3) is 0.438. The maximum absolute atomic E-state index is 5.57. The molecule has 0 amide bonds. The van der Waals surface area contributed by atoms with Gasteiger partial charge < -0.3 is 10.1 Å². The average molecular weight is 273 g/mol. The number of nitrogens with zero attached hydrogens (tertiary/aromatic N) is 2. The Kier molecular flexibility index (Phi) is 5.18. The van der Waals surface area contributed by atoms with E-state index in [0.717, 1.165) is 18.6 Å². The van der Waals surface area contributed by atoms with Crippen molar-refractivity contribution < 1.29 is 4.74 Å². The van der Waals surface area contributed by atoms with E-state index in [1.807, 2.05) is 38.0 Å². The molecule has 1 unspecified atom stereocenters. The summed E-state index contributed by atoms with van der Waals surface area (Å²) < 4.78 is 7.50. The number of aryl methyl sites for hydroxylation is 2. The van der Waals surface area contributed by atoms with E-state index in [2.05, 4.69) is 34.7 Å². The zero-order chi connectivity index (χ0) is 14.4. The van der Waals surface area contributed by atoms with Gasteiger partial charge in [-0.15, -0.1) is 0 Å². The number of hydrogen-bond acceptors (Lipinski definition) is 3. The Hall–Kier alpha value is -1.81. The van der Waals surface area contributed by atoms with Crippen LogP contribution in [0.2, 0.25) is 0 Å². The van der Waals surface area contributed by atoms with Crippen molar-refractivity contribution in [3.8, 4) is 5.75 Å². The van der Waals surface area contributed by atoms with Crippen molar-refractivity contribution in [3.05, 3.63) is 47.8 Å². The molecule has 108 valence electrons. The standard InChI is InChI=1S/C16H23N3O/c1-4-20-15-7-5-6-13(12-15)16(17-2)9-8-14-10-11-18-19(14)3/h5-7,10-12,16-17H,4,8-9H2,1-3H3. The quantitative estimate of drug-likeness (QED) is 0.843. The van der Waals surface area contributed by atoms with Crippen molar-refractivity contribution in [2.75, 3.05) is 13.7 Å². The van der Waals surface area contributed by atoms with Gasteiger partial charge in [-0.25, -0.2) is 0 Å². The third-order valence-electron chi connectivity index (χ3n) is 3.53. The maximum atomic E-state index is 5.57. The largest absolute Gasteiger partial charge is 0.494 e. The van der Waals surface area contributed by atoms with Crippen LogP contribution in [0.25, 0.3) is 0 Å². The number of ether oxygens (including phenoxy) is 1. The van der Waals surface area contributed by atoms with Gasteiger partial charge in [0.05, 0.1) is 6.61 Å². The molecule has 0 saturated heterocycles. The van der Waals surface area contributed by atoms with Crippen molar-refractivity contribution in [1.29, 1.82) is 0 Å². The topological polar surface area (TPSA) is 39.1 Å². The molecule has 4 heteroatoms. The van der Waals surface area contributed by atoms with Crippen LogP contribution < -0.4 is 10.1 Å². The van der Waals surface area contributed by atoms with E-state index in [0.29, 0.717) is 12.6 Å². The fourth-order valence-electron chi connectivity index (χ4n) is 2.40. The molecule has 1 heterocycles. The second-order valence-electron chi connectivity index (χ2n) is 4.83. The summed E-state index contributed by atoms with van der Waals surface area (Å²) >= 11 is 0. The highest BCUT2D eigenvalue weighted by Crippen LogP contribution is 2.23. The van der Waals surface area contributed by atoms with Crippen molar-refractivity contribution >= 4 is 0 Å². The van der Waals surface area contributed by atoms with Crippen LogP contribution in [0.1, 0.15) is 30.6 Å². The Bertz CT molecular complexity index is 536. The van der Waals surface area contributed by atoms with Gasteiger partial charge in [-0.3, -0.25) is 4.68 Å². The van der Waals surface area contributed by atoms with Crippen molar-refractivity contribution in [1.82, 2.24) is 15.1 Å². The molecule has 2 aromatic rings. The molecular weight excluding hydrogens is 250 g/mol. The third-order valence-corrected chi connectivity index (χ3v) is 3.53. The van der Waals surface area contributed by atoms with Crippen LogP contribution in [0.15, 0.2) is 36.5 Å². The Balaban J connectivity index is 2.04. The summed E-state index contributed by atoms with van der Waals surface area (Å²) in [6.07, 6.45) is 3.88. The Morgan fingerprint density at radius 2 is 2.20 bits per heavy atom. The first-order chi connectivity index (χ1) is 9.74. The minimum absolute atomic E-state index is 0.324. The van der Waals surface area contributed by atoms with Crippen molar-refractivity contribution in [3.63, 3.8) is 0 Å². The summed E-state index contributed by atoms with van der Waals surface area (Å²) in [6.45, 7) is 2.70. The van der Waals surface area contributed by atoms with E-state index in [9.17, 15) is 0 Å². The second-order valence-corrected chi connectivity index (χ2v) is 4.83. The SMILES string of the molecule is CCOc1cccc(C(CCc2ccnn2C)NC)c1. The lowest BCUT2D eigenvalue weighted by Gasteiger charge is -2.17. The predicted molar refractivity (Wildman–Crippen MR) is 80.9 cm³/mol. The Labute approximate surface area is 120 Å². The highest BCUT2D eigenvalue weighted by Gasteiger charge is 2.11. The van der Waals surface area contributed by atoms with Gasteiger partial charge in [0, 0.05) is 25.0 Å². The van der Waals surface area contributed by atoms with Gasteiger partial charge in [-0.1, -0.05) is 12.1 Å². The minimum Gasteiger partial charge on any atom is -0.494 e. The normalized spacial score (nSPS) is 12.3. The summed E-state index contributed by atoms with van der Waals surface area (Å²) in [7, 11) is 3.99. The lowest BCUT2D eigenvalue weighted by atomic mass is 10.0. The number of aromatic nitrogens is 2. The van der Waals surface area contributed by atoms with E-state index in [1.54, 1.807) is 0 Å². The van der Waals surface area contributed by atoms with E-state index < -0.39 is 0 Å². The Morgan fingerprint density at radius 3 is 2.85 bits per heavy atom. The van der Waals surface area contributed by atoms with E-state index in [1.165, 1.54) is 11.3 Å². The third kappa shape index (κ3) is 3.61. The maximum Gasteiger partial charge on any atom is 0.119 e. The number of nitrogens with one attached hydrogen (secondary N) is 1. The summed E-state index contributed by atoms with van der Waals surface area (Å²) in [4.78, 5) is 0. The molecule has 0 bridgehead atoms. The minimum atomic E-state index is 0.324. The van der Waals surface area contributed by atoms with Gasteiger partial charge in [0.1, 0.15) is 5.75 Å². The molecule has 1 atom stereocenters. The summed E-state index contributed by atoms with van der Waals surface area (Å²) in [5, 5.41) is 7.59. The number of rotatable bonds is 7. The van der Waals surface area contributed by atoms with Gasteiger partial charge in [-0.05, 0) is 50.6 Å². The number of hydrogen-bond donors (Lipinski definition) is 1. The molecule has 0 radical (unpaired) electrons. The van der Waals surface area contributed by atoms with E-state index >= 15 is 0 Å². The average Bonchev–Trinajstić information content (AvgIpc) is 2.86. The monoisotopic (exact) mass is 273 g/mol. The van der Waals surface area contributed by atoms with Gasteiger partial charge in [-0.2, -0.15) is 5.10 Å². The van der Waals surface area contributed by atoms with Crippen LogP contribution in [0.4, 0.5) is 0 Å². The van der Waals surface area contributed by atoms with Crippen LogP contribution in [0, 0.1) is 0 Å². The summed E-state index contributed by atoms with van der Waals surface area (Å²) in [5.41, 5.74) is 2.52. The molecule has 0 spiro atoms. The van der Waals surface area contributed by atoms with Gasteiger partial charge in [0.25, 0.3) is 0 Å². The van der Waals surface area contributed by atoms with Crippen LogP contribution in [0.5, 0.6) is 5.75 Å². The molecule has 0 aliphatic carbocycles. The van der Waals surface area contributed by atoms with Crippen molar-refractivity contribution in [2.24, 2.45) is 7.05 Å². The first kappa shape index (κ1) is 14.6. The molecule has 1 aromatic heterocycles. The van der Waals surface area contributed by atoms with Gasteiger partial charge in [0.2, 0.25) is 0 Å². The van der Waals surface area contributed by atoms with Crippen LogP contribution in [-0.2, 0) is 13.5 Å². The molecule has 1 N–H and O–H groups in total. The first-order valence-corrected chi connectivity index (χ1v) is 7.11. The van der Waals surface area contributed by atoms with Gasteiger partial charge in [0.15, 0.2) is 0 Å². The zero-order valence-corrected chi connectivity index (χ0v) is 12.5. The fourth-order valence-corrected chi connectivity index (χ4v) is 2.40. The second kappa shape index (κ2) is 7.10. The molecule has 4 nitrogen and oxygen atoms in total. The lowest BCUT2D eigenvalue weighted by molar-refractivity contribution is 0.339. The van der Waals surface area contributed by atoms with Crippen LogP contribution in [-0.4, -0.2) is 23.4 Å². The highest BCUT2D eigenvalue weighted by atomic mass is 16.5. The molecule has 20 heavy (non-hydrogen) atoms. The van der Waals surface area contributed by atoms with E-state index in [4.69, 9.17) is 4.74 Å². The lowest BCUT2D eigenvalue weighted by Crippen LogP contribution is -2.17. The Morgan fingerprint density at radius 1 is 1.35 bits per heavy atom. The first-order valence-electron chi connectivity index (χ1n) is 7.11. The zero-order valence-electron chi connectivity index (χ0n) is 12.5.